The molecule has 1 unspecified atom stereocenters. The lowest BCUT2D eigenvalue weighted by Crippen LogP contribution is -2.21. The molecule has 1 nitrogen and oxygen atoms in total. The molecule has 0 amide bonds. The minimum atomic E-state index is 0.486. The molecule has 1 aromatic carbocycles. The lowest BCUT2D eigenvalue weighted by Gasteiger charge is -2.19. The summed E-state index contributed by atoms with van der Waals surface area (Å²) in [6, 6.07) is 9.44. The first-order valence-corrected chi connectivity index (χ1v) is 8.33. The van der Waals surface area contributed by atoms with Gasteiger partial charge in [0.15, 0.2) is 0 Å². The highest BCUT2D eigenvalue weighted by Gasteiger charge is 2.12. The van der Waals surface area contributed by atoms with Gasteiger partial charge in [-0.3, -0.25) is 0 Å². The van der Waals surface area contributed by atoms with Crippen LogP contribution in [0.5, 0.6) is 0 Å². The van der Waals surface area contributed by atoms with Gasteiger partial charge in [0.25, 0.3) is 0 Å². The standard InChI is InChI=1S/C18H25NS/c1-5-7-17(18-8-6-9-20-18)19-12-16-14(3)10-13(2)11-15(16)4/h6,8-11,17,19H,5,7,12H2,1-4H3. The molecule has 2 heteroatoms. The van der Waals surface area contributed by atoms with Crippen LogP contribution in [-0.2, 0) is 6.54 Å². The largest absolute Gasteiger partial charge is 0.305 e. The van der Waals surface area contributed by atoms with Crippen LogP contribution in [-0.4, -0.2) is 0 Å². The number of benzene rings is 1. The van der Waals surface area contributed by atoms with Crippen molar-refractivity contribution in [2.75, 3.05) is 0 Å². The Balaban J connectivity index is 2.10. The summed E-state index contributed by atoms with van der Waals surface area (Å²) in [6.07, 6.45) is 2.41. The molecule has 1 N–H and O–H groups in total. The first kappa shape index (κ1) is 15.3. The Hall–Kier alpha value is -1.12. The van der Waals surface area contributed by atoms with Crippen LogP contribution in [0.15, 0.2) is 29.6 Å². The maximum Gasteiger partial charge on any atom is 0.0417 e. The van der Waals surface area contributed by atoms with Crippen LogP contribution in [0.3, 0.4) is 0 Å². The highest BCUT2D eigenvalue weighted by molar-refractivity contribution is 7.10. The van der Waals surface area contributed by atoms with E-state index >= 15 is 0 Å². The molecule has 1 atom stereocenters. The predicted octanol–water partition coefficient (Wildman–Crippen LogP) is 5.30. The van der Waals surface area contributed by atoms with Crippen molar-refractivity contribution in [1.82, 2.24) is 5.32 Å². The van der Waals surface area contributed by atoms with Crippen molar-refractivity contribution >= 4 is 11.3 Å². The summed E-state index contributed by atoms with van der Waals surface area (Å²) in [5, 5.41) is 5.92. The number of hydrogen-bond acceptors (Lipinski definition) is 2. The van der Waals surface area contributed by atoms with Crippen LogP contribution in [0.25, 0.3) is 0 Å². The molecule has 0 radical (unpaired) electrons. The van der Waals surface area contributed by atoms with E-state index in [0.29, 0.717) is 6.04 Å². The van der Waals surface area contributed by atoms with E-state index in [1.165, 1.54) is 40.0 Å². The van der Waals surface area contributed by atoms with E-state index in [-0.39, 0.29) is 0 Å². The highest BCUT2D eigenvalue weighted by Crippen LogP contribution is 2.24. The van der Waals surface area contributed by atoms with Crippen LogP contribution in [0.1, 0.15) is 52.9 Å². The van der Waals surface area contributed by atoms with Gasteiger partial charge in [-0.1, -0.05) is 37.1 Å². The SMILES string of the molecule is CCCC(NCc1c(C)cc(C)cc1C)c1cccs1. The Morgan fingerprint density at radius 2 is 1.85 bits per heavy atom. The van der Waals surface area contributed by atoms with Gasteiger partial charge in [-0.2, -0.15) is 0 Å². The Bertz CT molecular complexity index is 520. The van der Waals surface area contributed by atoms with Crippen molar-refractivity contribution < 1.29 is 0 Å². The maximum absolute atomic E-state index is 3.75. The van der Waals surface area contributed by atoms with Crippen LogP contribution < -0.4 is 5.32 Å². The van der Waals surface area contributed by atoms with Crippen molar-refractivity contribution in [1.29, 1.82) is 0 Å². The smallest absolute Gasteiger partial charge is 0.0417 e. The van der Waals surface area contributed by atoms with Gasteiger partial charge in [-0.15, -0.1) is 11.3 Å². The average molecular weight is 287 g/mol. The van der Waals surface area contributed by atoms with Crippen molar-refractivity contribution in [3.63, 3.8) is 0 Å². The lowest BCUT2D eigenvalue weighted by molar-refractivity contribution is 0.499. The molecule has 20 heavy (non-hydrogen) atoms. The summed E-state index contributed by atoms with van der Waals surface area (Å²) in [7, 11) is 0. The van der Waals surface area contributed by atoms with Gasteiger partial charge in [0.2, 0.25) is 0 Å². The van der Waals surface area contributed by atoms with E-state index < -0.39 is 0 Å². The third kappa shape index (κ3) is 3.71. The minimum absolute atomic E-state index is 0.486. The van der Waals surface area contributed by atoms with Crippen molar-refractivity contribution in [3.05, 3.63) is 56.8 Å². The molecular weight excluding hydrogens is 262 g/mol. The summed E-state index contributed by atoms with van der Waals surface area (Å²) >= 11 is 1.85. The fraction of sp³-hybridized carbons (Fsp3) is 0.444. The Labute approximate surface area is 127 Å². The van der Waals surface area contributed by atoms with Crippen LogP contribution in [0.2, 0.25) is 0 Å². The van der Waals surface area contributed by atoms with Crippen LogP contribution >= 0.6 is 11.3 Å². The third-order valence-electron chi connectivity index (χ3n) is 3.83. The summed E-state index contributed by atoms with van der Waals surface area (Å²) in [5.74, 6) is 0. The van der Waals surface area contributed by atoms with Gasteiger partial charge in [0.05, 0.1) is 0 Å². The maximum atomic E-state index is 3.75. The first-order valence-electron chi connectivity index (χ1n) is 7.45. The van der Waals surface area contributed by atoms with Gasteiger partial charge < -0.3 is 5.32 Å². The minimum Gasteiger partial charge on any atom is -0.305 e. The molecule has 2 aromatic rings. The molecule has 1 aromatic heterocycles. The van der Waals surface area contributed by atoms with Crippen molar-refractivity contribution in [3.8, 4) is 0 Å². The molecule has 0 aliphatic carbocycles. The van der Waals surface area contributed by atoms with Gasteiger partial charge >= 0.3 is 0 Å². The average Bonchev–Trinajstić information content (AvgIpc) is 2.89. The summed E-state index contributed by atoms with van der Waals surface area (Å²) in [4.78, 5) is 1.45. The predicted molar refractivity (Wildman–Crippen MR) is 89.5 cm³/mol. The second-order valence-corrected chi connectivity index (χ2v) is 6.59. The summed E-state index contributed by atoms with van der Waals surface area (Å²) in [5.41, 5.74) is 5.60. The fourth-order valence-electron chi connectivity index (χ4n) is 2.84. The van der Waals surface area contributed by atoms with Crippen molar-refractivity contribution in [2.45, 2.75) is 53.1 Å². The van der Waals surface area contributed by atoms with Crippen molar-refractivity contribution in [2.24, 2.45) is 0 Å². The number of hydrogen-bond donors (Lipinski definition) is 1. The second kappa shape index (κ2) is 7.05. The number of aryl methyl sites for hydroxylation is 3. The van der Waals surface area contributed by atoms with Gasteiger partial charge in [0.1, 0.15) is 0 Å². The van der Waals surface area contributed by atoms with Gasteiger partial charge in [0, 0.05) is 17.5 Å². The summed E-state index contributed by atoms with van der Waals surface area (Å²) < 4.78 is 0. The summed E-state index contributed by atoms with van der Waals surface area (Å²) in [6.45, 7) is 9.82. The van der Waals surface area contributed by atoms with E-state index in [1.54, 1.807) is 0 Å². The number of thiophene rings is 1. The number of rotatable bonds is 6. The topological polar surface area (TPSA) is 12.0 Å². The normalized spacial score (nSPS) is 12.6. The Morgan fingerprint density at radius 1 is 1.15 bits per heavy atom. The molecule has 0 fully saturated rings. The molecule has 0 spiro atoms. The van der Waals surface area contributed by atoms with E-state index in [9.17, 15) is 0 Å². The number of nitrogens with one attached hydrogen (secondary N) is 1. The fourth-order valence-corrected chi connectivity index (χ4v) is 3.67. The molecule has 0 aliphatic heterocycles. The van der Waals surface area contributed by atoms with Gasteiger partial charge in [-0.25, -0.2) is 0 Å². The van der Waals surface area contributed by atoms with E-state index in [0.717, 1.165) is 6.54 Å². The zero-order valence-corrected chi connectivity index (χ0v) is 13.8. The molecule has 1 heterocycles. The monoisotopic (exact) mass is 287 g/mol. The third-order valence-corrected chi connectivity index (χ3v) is 4.82. The molecule has 0 aliphatic rings. The van der Waals surface area contributed by atoms with Crippen LogP contribution in [0, 0.1) is 20.8 Å². The molecule has 108 valence electrons. The quantitative estimate of drug-likeness (QED) is 0.759. The second-order valence-electron chi connectivity index (χ2n) is 5.61. The molecule has 0 saturated carbocycles. The lowest BCUT2D eigenvalue weighted by atomic mass is 9.99. The molecule has 2 rings (SSSR count). The van der Waals surface area contributed by atoms with E-state index in [1.807, 2.05) is 11.3 Å². The van der Waals surface area contributed by atoms with Crippen LogP contribution in [0.4, 0.5) is 0 Å². The molecule has 0 bridgehead atoms. The Morgan fingerprint density at radius 3 is 2.40 bits per heavy atom. The molecule has 0 saturated heterocycles. The van der Waals surface area contributed by atoms with E-state index in [2.05, 4.69) is 62.7 Å². The first-order chi connectivity index (χ1) is 9.61. The molecular formula is C18H25NS. The van der Waals surface area contributed by atoms with Gasteiger partial charge in [-0.05, 0) is 55.3 Å². The highest BCUT2D eigenvalue weighted by atomic mass is 32.1. The van der Waals surface area contributed by atoms with E-state index in [4.69, 9.17) is 0 Å². The zero-order valence-electron chi connectivity index (χ0n) is 13.0. The Kier molecular flexibility index (Phi) is 5.38. The zero-order chi connectivity index (χ0) is 14.5.